The van der Waals surface area contributed by atoms with Gasteiger partial charge in [-0.15, -0.1) is 0 Å². The summed E-state index contributed by atoms with van der Waals surface area (Å²) in [6.45, 7) is 5.50. The molecule has 0 radical (unpaired) electrons. The molecule has 0 unspecified atom stereocenters. The van der Waals surface area contributed by atoms with Gasteiger partial charge >= 0.3 is 5.97 Å². The minimum atomic E-state index is -1.03. The first kappa shape index (κ1) is 33.0. The highest BCUT2D eigenvalue weighted by Gasteiger charge is 2.30. The van der Waals surface area contributed by atoms with Gasteiger partial charge in [-0.25, -0.2) is 4.79 Å². The van der Waals surface area contributed by atoms with Gasteiger partial charge in [-0.1, -0.05) is 105 Å². The van der Waals surface area contributed by atoms with Crippen molar-refractivity contribution in [2.45, 2.75) is 70.8 Å². The number of nitrogens with one attached hydrogen (secondary N) is 3. The Bertz CT molecular complexity index is 1320. The van der Waals surface area contributed by atoms with Crippen LogP contribution in [0.25, 0.3) is 0 Å². The van der Waals surface area contributed by atoms with Crippen molar-refractivity contribution in [1.29, 1.82) is 0 Å². The quantitative estimate of drug-likeness (QED) is 0.202. The molecule has 0 bridgehead atoms. The molecule has 43 heavy (non-hydrogen) atoms. The predicted octanol–water partition coefficient (Wildman–Crippen LogP) is 3.06. The largest absolute Gasteiger partial charge is 0.459 e. The first-order chi connectivity index (χ1) is 20.6. The number of carbonyl (C=O) groups is 4. The fourth-order valence-corrected chi connectivity index (χ4v) is 4.50. The normalized spacial score (nSPS) is 13.7. The summed E-state index contributed by atoms with van der Waals surface area (Å²) in [5, 5.41) is 8.20. The molecule has 3 aromatic rings. The van der Waals surface area contributed by atoms with Crippen LogP contribution in [0.5, 0.6) is 0 Å². The maximum atomic E-state index is 13.7. The zero-order valence-electron chi connectivity index (χ0n) is 25.0. The van der Waals surface area contributed by atoms with E-state index >= 15 is 0 Å². The predicted molar refractivity (Wildman–Crippen MR) is 165 cm³/mol. The Hall–Kier alpha value is -4.50. The highest BCUT2D eigenvalue weighted by atomic mass is 16.5. The lowest BCUT2D eigenvalue weighted by atomic mass is 10.0. The molecule has 3 rings (SSSR count). The molecular formula is C34H42N4O5. The molecule has 4 atom stereocenters. The van der Waals surface area contributed by atoms with Gasteiger partial charge in [0.25, 0.3) is 0 Å². The maximum Gasteiger partial charge on any atom is 0.329 e. The number of hydrogen-bond donors (Lipinski definition) is 4. The van der Waals surface area contributed by atoms with Crippen molar-refractivity contribution in [2.24, 2.45) is 11.7 Å². The van der Waals surface area contributed by atoms with Crippen LogP contribution < -0.4 is 21.7 Å². The molecule has 9 heteroatoms. The number of benzene rings is 3. The Morgan fingerprint density at radius 3 is 1.60 bits per heavy atom. The Morgan fingerprint density at radius 1 is 0.628 bits per heavy atom. The van der Waals surface area contributed by atoms with Crippen LogP contribution in [0.2, 0.25) is 0 Å². The van der Waals surface area contributed by atoms with Gasteiger partial charge in [0.05, 0.1) is 6.04 Å². The second-order valence-electron chi connectivity index (χ2n) is 11.1. The van der Waals surface area contributed by atoms with Crippen molar-refractivity contribution in [3.05, 3.63) is 108 Å². The van der Waals surface area contributed by atoms with Crippen molar-refractivity contribution >= 4 is 23.7 Å². The molecule has 9 nitrogen and oxygen atoms in total. The summed E-state index contributed by atoms with van der Waals surface area (Å²) >= 11 is 0. The van der Waals surface area contributed by atoms with Crippen molar-refractivity contribution in [3.63, 3.8) is 0 Å². The summed E-state index contributed by atoms with van der Waals surface area (Å²) < 4.78 is 5.57. The third kappa shape index (κ3) is 11.4. The minimum Gasteiger partial charge on any atom is -0.459 e. The van der Waals surface area contributed by atoms with Crippen molar-refractivity contribution in [2.75, 3.05) is 0 Å². The first-order valence-electron chi connectivity index (χ1n) is 14.6. The van der Waals surface area contributed by atoms with E-state index in [9.17, 15) is 19.2 Å². The summed E-state index contributed by atoms with van der Waals surface area (Å²) in [6.07, 6.45) is 0.845. The summed E-state index contributed by atoms with van der Waals surface area (Å²) in [5.74, 6) is -1.92. The van der Waals surface area contributed by atoms with E-state index in [1.54, 1.807) is 0 Å². The topological polar surface area (TPSA) is 140 Å². The van der Waals surface area contributed by atoms with Gasteiger partial charge in [0.15, 0.2) is 0 Å². The van der Waals surface area contributed by atoms with E-state index in [1.807, 2.05) is 105 Å². The van der Waals surface area contributed by atoms with Gasteiger partial charge in [-0.3, -0.25) is 14.4 Å². The number of hydrogen-bond acceptors (Lipinski definition) is 6. The zero-order valence-corrected chi connectivity index (χ0v) is 25.0. The van der Waals surface area contributed by atoms with E-state index < -0.39 is 47.9 Å². The van der Waals surface area contributed by atoms with E-state index in [-0.39, 0.29) is 25.4 Å². The van der Waals surface area contributed by atoms with E-state index in [0.717, 1.165) is 16.7 Å². The Kier molecular flexibility index (Phi) is 12.9. The smallest absolute Gasteiger partial charge is 0.329 e. The number of rotatable bonds is 15. The van der Waals surface area contributed by atoms with Crippen LogP contribution in [0, 0.1) is 5.92 Å². The summed E-state index contributed by atoms with van der Waals surface area (Å²) in [6, 6.07) is 24.1. The molecular weight excluding hydrogens is 544 g/mol. The van der Waals surface area contributed by atoms with Crippen LogP contribution in [0.15, 0.2) is 91.0 Å². The summed E-state index contributed by atoms with van der Waals surface area (Å²) in [7, 11) is 0. The van der Waals surface area contributed by atoms with E-state index in [4.69, 9.17) is 10.5 Å². The fourth-order valence-electron chi connectivity index (χ4n) is 4.50. The number of nitrogens with two attached hydrogens (primary N) is 1. The molecule has 3 amide bonds. The lowest BCUT2D eigenvalue weighted by molar-refractivity contribution is -0.149. The Labute approximate surface area is 253 Å². The third-order valence-corrected chi connectivity index (χ3v) is 6.84. The van der Waals surface area contributed by atoms with Crippen LogP contribution in [0.3, 0.4) is 0 Å². The van der Waals surface area contributed by atoms with Gasteiger partial charge in [0.1, 0.15) is 24.7 Å². The molecule has 0 saturated heterocycles. The van der Waals surface area contributed by atoms with Gasteiger partial charge in [-0.05, 0) is 36.0 Å². The Morgan fingerprint density at radius 2 is 1.09 bits per heavy atom. The lowest BCUT2D eigenvalue weighted by Crippen LogP contribution is -2.57. The average molecular weight is 587 g/mol. The first-order valence-corrected chi connectivity index (χ1v) is 14.6. The van der Waals surface area contributed by atoms with Gasteiger partial charge < -0.3 is 26.4 Å². The summed E-state index contributed by atoms with van der Waals surface area (Å²) in [5.41, 5.74) is 8.44. The molecule has 228 valence electrons. The third-order valence-electron chi connectivity index (χ3n) is 6.84. The van der Waals surface area contributed by atoms with Crippen LogP contribution in [0.4, 0.5) is 0 Å². The maximum absolute atomic E-state index is 13.7. The van der Waals surface area contributed by atoms with Crippen molar-refractivity contribution < 1.29 is 23.9 Å². The van der Waals surface area contributed by atoms with Crippen LogP contribution in [0.1, 0.15) is 43.9 Å². The average Bonchev–Trinajstić information content (AvgIpc) is 3.00. The number of esters is 1. The van der Waals surface area contributed by atoms with E-state index in [2.05, 4.69) is 16.0 Å². The molecule has 0 fully saturated rings. The zero-order chi connectivity index (χ0) is 31.2. The highest BCUT2D eigenvalue weighted by molar-refractivity contribution is 5.94. The molecule has 0 heterocycles. The van der Waals surface area contributed by atoms with Crippen molar-refractivity contribution in [1.82, 2.24) is 16.0 Å². The second kappa shape index (κ2) is 16.8. The molecule has 0 aliphatic heterocycles. The standard InChI is InChI=1S/C34H42N4O5/c1-23(2)19-28(35)32(40)36-24(3)31(39)37-29(20-25-13-7-4-8-14-25)33(41)38-30(21-26-15-9-5-10-16-26)34(42)43-22-27-17-11-6-12-18-27/h4-18,23-24,28-30H,19-22,35H2,1-3H3,(H,36,40)(H,37,39)(H,38,41)/t24-,28-,29-,30-/m0/s1. The molecule has 3 aromatic carbocycles. The van der Waals surface area contributed by atoms with Crippen LogP contribution in [-0.2, 0) is 43.4 Å². The molecule has 5 N–H and O–H groups in total. The van der Waals surface area contributed by atoms with Gasteiger partial charge in [0.2, 0.25) is 17.7 Å². The van der Waals surface area contributed by atoms with E-state index in [0.29, 0.717) is 6.42 Å². The molecule has 0 aliphatic carbocycles. The van der Waals surface area contributed by atoms with Crippen LogP contribution >= 0.6 is 0 Å². The van der Waals surface area contributed by atoms with Gasteiger partial charge in [-0.2, -0.15) is 0 Å². The molecule has 0 aliphatic rings. The second-order valence-corrected chi connectivity index (χ2v) is 11.1. The number of ether oxygens (including phenoxy) is 1. The summed E-state index contributed by atoms with van der Waals surface area (Å²) in [4.78, 5) is 52.6. The van der Waals surface area contributed by atoms with Crippen LogP contribution in [-0.4, -0.2) is 47.9 Å². The SMILES string of the molecule is CC(C)C[C@H](N)C(=O)N[C@@H](C)C(=O)N[C@@H](Cc1ccccc1)C(=O)N[C@@H](Cc1ccccc1)C(=O)OCc1ccccc1. The minimum absolute atomic E-state index is 0.0567. The molecule has 0 saturated carbocycles. The number of amides is 3. The fraction of sp³-hybridized carbons (Fsp3) is 0.353. The van der Waals surface area contributed by atoms with Gasteiger partial charge in [0, 0.05) is 12.8 Å². The molecule has 0 spiro atoms. The van der Waals surface area contributed by atoms with Crippen molar-refractivity contribution in [3.8, 4) is 0 Å². The Balaban J connectivity index is 1.75. The monoisotopic (exact) mass is 586 g/mol. The molecule has 0 aromatic heterocycles. The lowest BCUT2D eigenvalue weighted by Gasteiger charge is -2.25. The van der Waals surface area contributed by atoms with E-state index in [1.165, 1.54) is 6.92 Å². The number of carbonyl (C=O) groups excluding carboxylic acids is 4. The highest BCUT2D eigenvalue weighted by Crippen LogP contribution is 2.10.